The second-order valence-electron chi connectivity index (χ2n) is 2.71. The fourth-order valence-corrected chi connectivity index (χ4v) is 1.28. The quantitative estimate of drug-likeness (QED) is 0.252. The molecule has 16 heavy (non-hydrogen) atoms. The zero-order valence-corrected chi connectivity index (χ0v) is 11.7. The molecule has 0 bridgehead atoms. The molecule has 92 valence electrons. The monoisotopic (exact) mass is 268 g/mol. The molecular formula is C6H14NaO8P. The van der Waals surface area contributed by atoms with E-state index in [1.54, 1.807) is 0 Å². The Balaban J connectivity index is 0. The van der Waals surface area contributed by atoms with Gasteiger partial charge in [0.15, 0.2) is 0 Å². The van der Waals surface area contributed by atoms with Crippen molar-refractivity contribution in [3.63, 3.8) is 0 Å². The van der Waals surface area contributed by atoms with Crippen LogP contribution in [0.25, 0.3) is 0 Å². The van der Waals surface area contributed by atoms with Crippen LogP contribution in [0, 0.1) is 0 Å². The predicted molar refractivity (Wildman–Crippen MR) is 45.7 cm³/mol. The molecule has 0 saturated heterocycles. The van der Waals surface area contributed by atoms with Gasteiger partial charge in [-0.2, -0.15) is 0 Å². The molecule has 0 spiro atoms. The summed E-state index contributed by atoms with van der Waals surface area (Å²) in [5.41, 5.74) is 0. The minimum Gasteiger partial charge on any atom is -0.756 e. The Kier molecular flexibility index (Phi) is 12.0. The third-order valence-corrected chi connectivity index (χ3v) is 2.20. The van der Waals surface area contributed by atoms with Crippen molar-refractivity contribution >= 4 is 7.82 Å². The standard InChI is InChI=1S/C6H15O8P.Na/c7-1-5(9)3-13-15(11,12)14-4-6(10)2-8;/h5-10H,1-4H2,(H,11,12);/q;+1/p-1. The minimum atomic E-state index is -4.62. The number of phosphoric acid groups is 1. The van der Waals surface area contributed by atoms with Crippen LogP contribution in [0.3, 0.4) is 0 Å². The summed E-state index contributed by atoms with van der Waals surface area (Å²) in [6, 6.07) is 0. The molecule has 2 atom stereocenters. The first-order valence-electron chi connectivity index (χ1n) is 4.09. The maximum atomic E-state index is 10.9. The molecule has 0 heterocycles. The Hall–Kier alpha value is 0.950. The van der Waals surface area contributed by atoms with Crippen molar-refractivity contribution in [2.45, 2.75) is 12.2 Å². The zero-order chi connectivity index (χ0) is 11.9. The second-order valence-corrected chi connectivity index (χ2v) is 4.12. The van der Waals surface area contributed by atoms with Gasteiger partial charge < -0.3 is 34.4 Å². The third kappa shape index (κ3) is 10.1. The van der Waals surface area contributed by atoms with Crippen LogP contribution in [0.4, 0.5) is 0 Å². The zero-order valence-electron chi connectivity index (χ0n) is 8.85. The summed E-state index contributed by atoms with van der Waals surface area (Å²) < 4.78 is 19.2. The molecule has 0 aromatic rings. The smallest absolute Gasteiger partial charge is 0.756 e. The second kappa shape index (κ2) is 9.93. The summed E-state index contributed by atoms with van der Waals surface area (Å²) in [4.78, 5) is 10.9. The van der Waals surface area contributed by atoms with E-state index in [4.69, 9.17) is 20.4 Å². The molecule has 0 aliphatic rings. The van der Waals surface area contributed by atoms with Gasteiger partial charge in [-0.15, -0.1) is 0 Å². The van der Waals surface area contributed by atoms with Gasteiger partial charge in [0.1, 0.15) is 12.2 Å². The van der Waals surface area contributed by atoms with Crippen molar-refractivity contribution in [2.24, 2.45) is 0 Å². The molecule has 10 heteroatoms. The van der Waals surface area contributed by atoms with Crippen molar-refractivity contribution in [3.05, 3.63) is 0 Å². The molecule has 0 fully saturated rings. The van der Waals surface area contributed by atoms with Gasteiger partial charge in [0.05, 0.1) is 26.4 Å². The van der Waals surface area contributed by atoms with Crippen LogP contribution >= 0.6 is 7.82 Å². The van der Waals surface area contributed by atoms with Crippen molar-refractivity contribution in [1.29, 1.82) is 0 Å². The summed E-state index contributed by atoms with van der Waals surface area (Å²) in [5, 5.41) is 34.2. The van der Waals surface area contributed by atoms with Crippen LogP contribution in [0.15, 0.2) is 0 Å². The van der Waals surface area contributed by atoms with Crippen LogP contribution in [0.2, 0.25) is 0 Å². The molecule has 2 unspecified atom stereocenters. The molecule has 4 N–H and O–H groups in total. The first-order valence-corrected chi connectivity index (χ1v) is 5.55. The Morgan fingerprint density at radius 1 is 1.06 bits per heavy atom. The number of hydrogen-bond donors (Lipinski definition) is 4. The fraction of sp³-hybridized carbons (Fsp3) is 1.00. The third-order valence-electron chi connectivity index (χ3n) is 1.27. The van der Waals surface area contributed by atoms with Crippen LogP contribution in [0.1, 0.15) is 0 Å². The average Bonchev–Trinajstić information content (AvgIpc) is 2.22. The first-order chi connectivity index (χ1) is 6.91. The van der Waals surface area contributed by atoms with E-state index in [1.165, 1.54) is 0 Å². The van der Waals surface area contributed by atoms with Crippen LogP contribution < -0.4 is 34.5 Å². The minimum absolute atomic E-state index is 0. The van der Waals surface area contributed by atoms with Crippen molar-refractivity contribution < 1.29 is 68.5 Å². The number of rotatable bonds is 8. The maximum absolute atomic E-state index is 10.9. The van der Waals surface area contributed by atoms with Crippen molar-refractivity contribution in [1.82, 2.24) is 0 Å². The van der Waals surface area contributed by atoms with Gasteiger partial charge in [-0.1, -0.05) is 0 Å². The molecule has 0 saturated carbocycles. The molecule has 0 rings (SSSR count). The van der Waals surface area contributed by atoms with Gasteiger partial charge in [0, 0.05) is 0 Å². The van der Waals surface area contributed by atoms with Gasteiger partial charge >= 0.3 is 29.6 Å². The number of hydrogen-bond acceptors (Lipinski definition) is 8. The number of aliphatic hydroxyl groups excluding tert-OH is 4. The van der Waals surface area contributed by atoms with Crippen LogP contribution in [-0.2, 0) is 13.6 Å². The Bertz CT molecular complexity index is 197. The number of aliphatic hydroxyl groups is 4. The summed E-state index contributed by atoms with van der Waals surface area (Å²) in [5.74, 6) is 0. The van der Waals surface area contributed by atoms with E-state index in [0.717, 1.165) is 0 Å². The maximum Gasteiger partial charge on any atom is 1.00 e. The average molecular weight is 268 g/mol. The van der Waals surface area contributed by atoms with E-state index in [2.05, 4.69) is 9.05 Å². The SMILES string of the molecule is O=P([O-])(OCC(O)CO)OCC(O)CO.[Na+]. The number of phosphoric ester groups is 1. The van der Waals surface area contributed by atoms with Crippen molar-refractivity contribution in [2.75, 3.05) is 26.4 Å². The summed E-state index contributed by atoms with van der Waals surface area (Å²) >= 11 is 0. The van der Waals surface area contributed by atoms with Gasteiger partial charge in [-0.3, -0.25) is 4.57 Å². The van der Waals surface area contributed by atoms with Crippen LogP contribution in [0.5, 0.6) is 0 Å². The molecular weight excluding hydrogens is 254 g/mol. The Morgan fingerprint density at radius 2 is 1.38 bits per heavy atom. The summed E-state index contributed by atoms with van der Waals surface area (Å²) in [7, 11) is -4.62. The van der Waals surface area contributed by atoms with E-state index in [1.807, 2.05) is 0 Å². The van der Waals surface area contributed by atoms with E-state index in [-0.39, 0.29) is 29.6 Å². The van der Waals surface area contributed by atoms with Gasteiger partial charge in [-0.05, 0) is 0 Å². The topological polar surface area (TPSA) is 140 Å². The van der Waals surface area contributed by atoms with Crippen molar-refractivity contribution in [3.8, 4) is 0 Å². The summed E-state index contributed by atoms with van der Waals surface area (Å²) in [6.45, 7) is -2.54. The van der Waals surface area contributed by atoms with E-state index >= 15 is 0 Å². The van der Waals surface area contributed by atoms with Gasteiger partial charge in [0.2, 0.25) is 0 Å². The molecule has 8 nitrogen and oxygen atoms in total. The van der Waals surface area contributed by atoms with Crippen LogP contribution in [-0.4, -0.2) is 59.1 Å². The van der Waals surface area contributed by atoms with E-state index in [0.29, 0.717) is 0 Å². The normalized spacial score (nSPS) is 18.3. The fourth-order valence-electron chi connectivity index (χ4n) is 0.497. The molecule has 0 amide bonds. The largest absolute Gasteiger partial charge is 1.00 e. The Morgan fingerprint density at radius 3 is 1.62 bits per heavy atom. The predicted octanol–water partition coefficient (Wildman–Crippen LogP) is -5.80. The molecule has 0 aromatic carbocycles. The first kappa shape index (κ1) is 19.3. The van der Waals surface area contributed by atoms with Gasteiger partial charge in [0.25, 0.3) is 7.82 Å². The molecule has 0 aliphatic carbocycles. The van der Waals surface area contributed by atoms with E-state index < -0.39 is 46.5 Å². The molecule has 0 radical (unpaired) electrons. The van der Waals surface area contributed by atoms with Gasteiger partial charge in [-0.25, -0.2) is 0 Å². The molecule has 0 aromatic heterocycles. The van der Waals surface area contributed by atoms with E-state index in [9.17, 15) is 9.46 Å². The Labute approximate surface area is 115 Å². The summed E-state index contributed by atoms with van der Waals surface area (Å²) in [6.07, 6.45) is -2.64. The molecule has 0 aliphatic heterocycles.